The predicted octanol–water partition coefficient (Wildman–Crippen LogP) is 3.16. The van der Waals surface area contributed by atoms with E-state index in [2.05, 4.69) is 0 Å². The van der Waals surface area contributed by atoms with Crippen molar-refractivity contribution < 1.29 is 30.7 Å². The Morgan fingerprint density at radius 3 is 1.65 bits per heavy atom. The van der Waals surface area contributed by atoms with Crippen molar-refractivity contribution in [3.05, 3.63) is 35.4 Å². The maximum atomic E-state index is 12.8. The van der Waals surface area contributed by atoms with Crippen LogP contribution in [0, 0.1) is 11.6 Å². The molecule has 0 bridgehead atoms. The summed E-state index contributed by atoms with van der Waals surface area (Å²) in [5, 5.41) is 0. The Bertz CT molecular complexity index is 392. The maximum absolute atomic E-state index is 12.8. The summed E-state index contributed by atoms with van der Waals surface area (Å²) in [5.74, 6) is -7.84. The molecule has 1 atom stereocenters. The molecule has 0 amide bonds. The number of nitrogens with two attached hydrogens (primary N) is 1. The van der Waals surface area contributed by atoms with E-state index in [1.165, 1.54) is 0 Å². The highest BCUT2D eigenvalue weighted by atomic mass is 19.4. The number of hydrogen-bond acceptors (Lipinski definition) is 1. The lowest BCUT2D eigenvalue weighted by Gasteiger charge is -2.25. The van der Waals surface area contributed by atoms with Gasteiger partial charge in [0, 0.05) is 6.07 Å². The minimum atomic E-state index is -5.89. The predicted molar refractivity (Wildman–Crippen MR) is 44.3 cm³/mol. The van der Waals surface area contributed by atoms with Gasteiger partial charge < -0.3 is 5.73 Å². The molecule has 96 valence electrons. The van der Waals surface area contributed by atoms with Gasteiger partial charge >= 0.3 is 12.1 Å². The van der Waals surface area contributed by atoms with Gasteiger partial charge in [-0.2, -0.15) is 22.0 Å². The van der Waals surface area contributed by atoms with E-state index in [1.54, 1.807) is 0 Å². The van der Waals surface area contributed by atoms with Crippen LogP contribution in [-0.2, 0) is 0 Å². The Morgan fingerprint density at radius 1 is 0.882 bits per heavy atom. The van der Waals surface area contributed by atoms with Crippen molar-refractivity contribution in [2.24, 2.45) is 5.73 Å². The van der Waals surface area contributed by atoms with E-state index in [-0.39, 0.29) is 0 Å². The second-order valence-corrected chi connectivity index (χ2v) is 3.30. The van der Waals surface area contributed by atoms with Crippen LogP contribution >= 0.6 is 0 Å². The molecule has 0 aliphatic carbocycles. The molecule has 0 unspecified atom stereocenters. The lowest BCUT2D eigenvalue weighted by molar-refractivity contribution is -0.291. The summed E-state index contributed by atoms with van der Waals surface area (Å²) in [6, 6.07) is -1.88. The molecule has 8 heteroatoms. The Labute approximate surface area is 91.0 Å². The van der Waals surface area contributed by atoms with E-state index in [9.17, 15) is 30.7 Å². The highest BCUT2D eigenvalue weighted by molar-refractivity contribution is 5.23. The summed E-state index contributed by atoms with van der Waals surface area (Å²) in [7, 11) is 0. The van der Waals surface area contributed by atoms with E-state index < -0.39 is 35.3 Å². The quantitative estimate of drug-likeness (QED) is 0.813. The Balaban J connectivity index is 3.16. The zero-order chi connectivity index (χ0) is 13.4. The largest absolute Gasteiger partial charge is 0.455 e. The van der Waals surface area contributed by atoms with Gasteiger partial charge in [0.15, 0.2) is 0 Å². The molecule has 1 aromatic carbocycles. The van der Waals surface area contributed by atoms with Gasteiger partial charge in [-0.3, -0.25) is 0 Å². The van der Waals surface area contributed by atoms with Crippen molar-refractivity contribution in [3.63, 3.8) is 0 Å². The van der Waals surface area contributed by atoms with Crippen molar-refractivity contribution in [2.75, 3.05) is 0 Å². The van der Waals surface area contributed by atoms with Crippen LogP contribution in [0.3, 0.4) is 0 Å². The molecule has 0 aromatic heterocycles. The number of rotatable bonds is 2. The Morgan fingerprint density at radius 2 is 1.29 bits per heavy atom. The van der Waals surface area contributed by atoms with Gasteiger partial charge in [-0.1, -0.05) is 0 Å². The number of benzene rings is 1. The fourth-order valence-electron chi connectivity index (χ4n) is 1.14. The average molecular weight is 261 g/mol. The van der Waals surface area contributed by atoms with Crippen molar-refractivity contribution in [2.45, 2.75) is 18.1 Å². The molecule has 0 spiro atoms. The SMILES string of the molecule is N[C@@H](c1cc(F)cc(F)c1)C(F)(F)C(F)(F)F. The summed E-state index contributed by atoms with van der Waals surface area (Å²) in [6.45, 7) is 0. The van der Waals surface area contributed by atoms with Crippen LogP contribution in [0.2, 0.25) is 0 Å². The standard InChI is InChI=1S/C9H6F7N/c10-5-1-4(2-6(11)3-5)7(17)8(12,13)9(14,15)16/h1-3,7H,17H2/t7-/m0/s1. The Kier molecular flexibility index (Phi) is 3.37. The molecule has 1 nitrogen and oxygen atoms in total. The van der Waals surface area contributed by atoms with E-state index in [4.69, 9.17) is 5.73 Å². The molecule has 1 aromatic rings. The van der Waals surface area contributed by atoms with Gasteiger partial charge in [0.2, 0.25) is 0 Å². The van der Waals surface area contributed by atoms with E-state index in [0.717, 1.165) is 0 Å². The first-order valence-corrected chi connectivity index (χ1v) is 4.22. The molecular formula is C9H6F7N. The summed E-state index contributed by atoms with van der Waals surface area (Å²) in [4.78, 5) is 0. The summed E-state index contributed by atoms with van der Waals surface area (Å²) < 4.78 is 86.7. The van der Waals surface area contributed by atoms with Crippen LogP contribution in [0.15, 0.2) is 18.2 Å². The zero-order valence-corrected chi connectivity index (χ0v) is 8.03. The summed E-state index contributed by atoms with van der Waals surface area (Å²) in [5.41, 5.74) is 3.73. The molecule has 0 radical (unpaired) electrons. The molecule has 0 saturated carbocycles. The van der Waals surface area contributed by atoms with E-state index >= 15 is 0 Å². The van der Waals surface area contributed by atoms with Gasteiger partial charge in [-0.05, 0) is 17.7 Å². The number of alkyl halides is 5. The fourth-order valence-corrected chi connectivity index (χ4v) is 1.14. The van der Waals surface area contributed by atoms with Crippen LogP contribution in [0.4, 0.5) is 30.7 Å². The number of hydrogen-bond donors (Lipinski definition) is 1. The van der Waals surface area contributed by atoms with Crippen LogP contribution in [-0.4, -0.2) is 12.1 Å². The molecule has 0 heterocycles. The molecule has 0 saturated heterocycles. The molecule has 17 heavy (non-hydrogen) atoms. The normalized spacial score (nSPS) is 14.8. The molecular weight excluding hydrogens is 255 g/mol. The first kappa shape index (κ1) is 13.8. The summed E-state index contributed by atoms with van der Waals surface area (Å²) in [6.07, 6.45) is -5.89. The maximum Gasteiger partial charge on any atom is 0.455 e. The third-order valence-corrected chi connectivity index (χ3v) is 2.01. The highest BCUT2D eigenvalue weighted by Gasteiger charge is 2.61. The molecule has 0 aliphatic heterocycles. The van der Waals surface area contributed by atoms with Crippen LogP contribution in [0.5, 0.6) is 0 Å². The van der Waals surface area contributed by atoms with Gasteiger partial charge in [0.25, 0.3) is 0 Å². The van der Waals surface area contributed by atoms with Crippen LogP contribution < -0.4 is 5.73 Å². The van der Waals surface area contributed by atoms with Gasteiger partial charge in [-0.25, -0.2) is 8.78 Å². The average Bonchev–Trinajstić information content (AvgIpc) is 2.13. The lowest BCUT2D eigenvalue weighted by Crippen LogP contribution is -2.45. The zero-order valence-electron chi connectivity index (χ0n) is 8.03. The molecule has 0 aliphatic rings. The second kappa shape index (κ2) is 4.17. The van der Waals surface area contributed by atoms with Crippen LogP contribution in [0.1, 0.15) is 11.6 Å². The minimum absolute atomic E-state index is 0.327. The number of halogens is 7. The first-order valence-electron chi connectivity index (χ1n) is 4.22. The molecule has 0 fully saturated rings. The molecule has 1 rings (SSSR count). The third kappa shape index (κ3) is 2.68. The van der Waals surface area contributed by atoms with Crippen LogP contribution in [0.25, 0.3) is 0 Å². The van der Waals surface area contributed by atoms with Gasteiger partial charge in [0.1, 0.15) is 17.7 Å². The van der Waals surface area contributed by atoms with E-state index in [1.807, 2.05) is 0 Å². The second-order valence-electron chi connectivity index (χ2n) is 3.30. The minimum Gasteiger partial charge on any atom is -0.319 e. The van der Waals surface area contributed by atoms with Gasteiger partial charge in [0.05, 0.1) is 0 Å². The monoisotopic (exact) mass is 261 g/mol. The molecule has 2 N–H and O–H groups in total. The Hall–Kier alpha value is -1.31. The summed E-state index contributed by atoms with van der Waals surface area (Å²) >= 11 is 0. The third-order valence-electron chi connectivity index (χ3n) is 2.01. The van der Waals surface area contributed by atoms with Crippen molar-refractivity contribution in [1.82, 2.24) is 0 Å². The van der Waals surface area contributed by atoms with Crippen molar-refractivity contribution in [3.8, 4) is 0 Å². The van der Waals surface area contributed by atoms with Gasteiger partial charge in [-0.15, -0.1) is 0 Å². The highest BCUT2D eigenvalue weighted by Crippen LogP contribution is 2.43. The first-order chi connectivity index (χ1) is 7.55. The van der Waals surface area contributed by atoms with Crippen molar-refractivity contribution in [1.29, 1.82) is 0 Å². The van der Waals surface area contributed by atoms with Crippen molar-refractivity contribution >= 4 is 0 Å². The fraction of sp³-hybridized carbons (Fsp3) is 0.333. The lowest BCUT2D eigenvalue weighted by atomic mass is 10.0. The van der Waals surface area contributed by atoms with E-state index in [0.29, 0.717) is 18.2 Å². The smallest absolute Gasteiger partial charge is 0.319 e. The topological polar surface area (TPSA) is 26.0 Å².